The van der Waals surface area contributed by atoms with Gasteiger partial charge in [-0.05, 0) is 36.8 Å². The van der Waals surface area contributed by atoms with Crippen LogP contribution in [0.5, 0.6) is 0 Å². The van der Waals surface area contributed by atoms with Gasteiger partial charge >= 0.3 is 6.18 Å². The lowest BCUT2D eigenvalue weighted by molar-refractivity contribution is -0.384. The first-order valence-corrected chi connectivity index (χ1v) is 8.61. The number of carbonyl (C=O) groups is 1. The number of nitrogens with one attached hydrogen (secondary N) is 2. The molecule has 0 bridgehead atoms. The zero-order valence-corrected chi connectivity index (χ0v) is 15.4. The van der Waals surface area contributed by atoms with E-state index in [0.717, 1.165) is 16.6 Å². The van der Waals surface area contributed by atoms with Crippen molar-refractivity contribution >= 4 is 33.2 Å². The molecule has 2 aromatic carbocycles. The number of nitrogens with zero attached hydrogens (tertiary/aromatic N) is 1. The Hall–Kier alpha value is -2.62. The van der Waals surface area contributed by atoms with Crippen LogP contribution in [0.3, 0.4) is 0 Å². The van der Waals surface area contributed by atoms with Crippen molar-refractivity contribution < 1.29 is 22.9 Å². The molecule has 0 aliphatic rings. The molecule has 1 amide bonds. The molecule has 2 N–H and O–H groups in total. The molecule has 0 aliphatic heterocycles. The summed E-state index contributed by atoms with van der Waals surface area (Å²) in [5, 5.41) is 16.4. The van der Waals surface area contributed by atoms with Crippen LogP contribution in [0.25, 0.3) is 0 Å². The maximum Gasteiger partial charge on any atom is 0.416 e. The first-order valence-electron chi connectivity index (χ1n) is 7.82. The monoisotopic (exact) mass is 445 g/mol. The molecule has 2 rings (SSSR count). The van der Waals surface area contributed by atoms with Crippen molar-refractivity contribution in [3.63, 3.8) is 0 Å². The predicted molar refractivity (Wildman–Crippen MR) is 97.7 cm³/mol. The largest absolute Gasteiger partial charge is 0.416 e. The number of benzene rings is 2. The van der Waals surface area contributed by atoms with Crippen LogP contribution < -0.4 is 10.6 Å². The first kappa shape index (κ1) is 20.7. The maximum absolute atomic E-state index is 12.7. The van der Waals surface area contributed by atoms with Crippen LogP contribution in [0.1, 0.15) is 22.3 Å². The number of alkyl halides is 3. The molecule has 27 heavy (non-hydrogen) atoms. The van der Waals surface area contributed by atoms with Crippen LogP contribution in [0.15, 0.2) is 46.9 Å². The highest BCUT2D eigenvalue weighted by Crippen LogP contribution is 2.34. The van der Waals surface area contributed by atoms with Crippen molar-refractivity contribution in [2.45, 2.75) is 12.6 Å². The quantitative estimate of drug-likeness (QED) is 0.370. The molecule has 0 fully saturated rings. The molecule has 0 aliphatic carbocycles. The molecule has 0 unspecified atom stereocenters. The summed E-state index contributed by atoms with van der Waals surface area (Å²) in [6.45, 7) is 0.539. The highest BCUT2D eigenvalue weighted by atomic mass is 79.9. The van der Waals surface area contributed by atoms with Crippen molar-refractivity contribution in [2.75, 3.05) is 18.4 Å². The van der Waals surface area contributed by atoms with Crippen LogP contribution in [-0.4, -0.2) is 23.9 Å². The molecule has 0 radical (unpaired) electrons. The molecule has 10 heteroatoms. The van der Waals surface area contributed by atoms with Crippen molar-refractivity contribution in [2.24, 2.45) is 0 Å². The average molecular weight is 446 g/mol. The van der Waals surface area contributed by atoms with Gasteiger partial charge in [-0.3, -0.25) is 14.9 Å². The smallest absolute Gasteiger partial charge is 0.379 e. The molecule has 0 saturated carbocycles. The Kier molecular flexibility index (Phi) is 6.78. The van der Waals surface area contributed by atoms with E-state index in [-0.39, 0.29) is 18.1 Å². The zero-order chi connectivity index (χ0) is 20.0. The van der Waals surface area contributed by atoms with Gasteiger partial charge in [0.05, 0.1) is 10.5 Å². The Labute approximate surface area is 161 Å². The Morgan fingerprint density at radius 2 is 1.89 bits per heavy atom. The Morgan fingerprint density at radius 1 is 1.15 bits per heavy atom. The summed E-state index contributed by atoms with van der Waals surface area (Å²) < 4.78 is 38.8. The molecule has 0 heterocycles. The SMILES string of the molecule is O=C(NCCCNc1ccc(C(F)(F)F)cc1[N+](=O)[O-])c1cccc(Br)c1. The summed E-state index contributed by atoms with van der Waals surface area (Å²) >= 11 is 3.27. The maximum atomic E-state index is 12.7. The molecular weight excluding hydrogens is 431 g/mol. The van der Waals surface area contributed by atoms with Gasteiger partial charge in [0, 0.05) is 29.2 Å². The average Bonchev–Trinajstić information content (AvgIpc) is 2.60. The number of anilines is 1. The molecule has 2 aromatic rings. The van der Waals surface area contributed by atoms with Gasteiger partial charge in [0.2, 0.25) is 0 Å². The molecule has 0 saturated heterocycles. The second-order valence-electron chi connectivity index (χ2n) is 5.53. The number of hydrogen-bond donors (Lipinski definition) is 2. The fraction of sp³-hybridized carbons (Fsp3) is 0.235. The van der Waals surface area contributed by atoms with E-state index in [4.69, 9.17) is 0 Å². The Balaban J connectivity index is 1.88. The summed E-state index contributed by atoms with van der Waals surface area (Å²) in [6, 6.07) is 9.15. The van der Waals surface area contributed by atoms with Gasteiger partial charge in [-0.2, -0.15) is 13.2 Å². The second-order valence-corrected chi connectivity index (χ2v) is 6.45. The number of amides is 1. The van der Waals surface area contributed by atoms with Gasteiger partial charge in [-0.1, -0.05) is 22.0 Å². The van der Waals surface area contributed by atoms with Crippen LogP contribution in [0, 0.1) is 10.1 Å². The van der Waals surface area contributed by atoms with Gasteiger partial charge in [0.25, 0.3) is 11.6 Å². The van der Waals surface area contributed by atoms with E-state index >= 15 is 0 Å². The Morgan fingerprint density at radius 3 is 2.52 bits per heavy atom. The number of hydrogen-bond acceptors (Lipinski definition) is 4. The summed E-state index contributed by atoms with van der Waals surface area (Å²) in [7, 11) is 0. The number of nitro benzene ring substituents is 1. The van der Waals surface area contributed by atoms with Crippen molar-refractivity contribution in [1.29, 1.82) is 0 Å². The number of rotatable bonds is 7. The topological polar surface area (TPSA) is 84.3 Å². The minimum Gasteiger partial charge on any atom is -0.379 e. The van der Waals surface area contributed by atoms with Gasteiger partial charge in [0.1, 0.15) is 5.69 Å². The highest BCUT2D eigenvalue weighted by Gasteiger charge is 2.32. The van der Waals surface area contributed by atoms with E-state index in [1.54, 1.807) is 24.3 Å². The van der Waals surface area contributed by atoms with Crippen LogP contribution in [0.2, 0.25) is 0 Å². The normalized spacial score (nSPS) is 11.1. The van der Waals surface area contributed by atoms with Crippen LogP contribution >= 0.6 is 15.9 Å². The van der Waals surface area contributed by atoms with E-state index < -0.39 is 22.4 Å². The predicted octanol–water partition coefficient (Wildman–Crippen LogP) is 4.61. The number of nitro groups is 1. The van der Waals surface area contributed by atoms with E-state index in [2.05, 4.69) is 26.6 Å². The van der Waals surface area contributed by atoms with E-state index in [9.17, 15) is 28.1 Å². The fourth-order valence-corrected chi connectivity index (χ4v) is 2.65. The number of halogens is 4. The fourth-order valence-electron chi connectivity index (χ4n) is 2.25. The lowest BCUT2D eigenvalue weighted by Crippen LogP contribution is -2.25. The standard InChI is InChI=1S/C17H15BrF3N3O3/c18-13-4-1-3-11(9-13)16(25)23-8-2-7-22-14-6-5-12(17(19,20)21)10-15(14)24(26)27/h1,3-6,9-10,22H,2,7-8H2,(H,23,25). The van der Waals surface area contributed by atoms with Crippen LogP contribution in [0.4, 0.5) is 24.5 Å². The summed E-state index contributed by atoms with van der Waals surface area (Å²) in [4.78, 5) is 22.1. The van der Waals surface area contributed by atoms with E-state index in [1.807, 2.05) is 0 Å². The van der Waals surface area contributed by atoms with Crippen molar-refractivity contribution in [1.82, 2.24) is 5.32 Å². The Bertz CT molecular complexity index is 844. The van der Waals surface area contributed by atoms with Gasteiger partial charge in [0.15, 0.2) is 0 Å². The molecular formula is C17H15BrF3N3O3. The molecule has 6 nitrogen and oxygen atoms in total. The third-order valence-electron chi connectivity index (χ3n) is 3.56. The second kappa shape index (κ2) is 8.85. The van der Waals surface area contributed by atoms with Crippen molar-refractivity contribution in [3.8, 4) is 0 Å². The van der Waals surface area contributed by atoms with Gasteiger partial charge in [-0.25, -0.2) is 0 Å². The van der Waals surface area contributed by atoms with Gasteiger partial charge < -0.3 is 10.6 Å². The highest BCUT2D eigenvalue weighted by molar-refractivity contribution is 9.10. The van der Waals surface area contributed by atoms with E-state index in [1.165, 1.54) is 0 Å². The molecule has 0 spiro atoms. The van der Waals surface area contributed by atoms with Crippen LogP contribution in [-0.2, 0) is 6.18 Å². The van der Waals surface area contributed by atoms with Gasteiger partial charge in [-0.15, -0.1) is 0 Å². The first-order chi connectivity index (χ1) is 12.7. The third-order valence-corrected chi connectivity index (χ3v) is 4.06. The van der Waals surface area contributed by atoms with Crippen molar-refractivity contribution in [3.05, 3.63) is 68.2 Å². The van der Waals surface area contributed by atoms with E-state index in [0.29, 0.717) is 24.6 Å². The third kappa shape index (κ3) is 5.95. The lowest BCUT2D eigenvalue weighted by Gasteiger charge is -2.11. The lowest BCUT2D eigenvalue weighted by atomic mass is 10.1. The zero-order valence-electron chi connectivity index (χ0n) is 13.8. The molecule has 0 aromatic heterocycles. The minimum absolute atomic E-state index is 0.00804. The summed E-state index contributed by atoms with van der Waals surface area (Å²) in [5.74, 6) is -0.267. The molecule has 0 atom stereocenters. The summed E-state index contributed by atoms with van der Waals surface area (Å²) in [5.41, 5.74) is -1.26. The molecule has 144 valence electrons. The minimum atomic E-state index is -4.65. The number of carbonyl (C=O) groups excluding carboxylic acids is 1. The summed E-state index contributed by atoms with van der Waals surface area (Å²) in [6.07, 6.45) is -4.22.